The topological polar surface area (TPSA) is 94.9 Å². The molecule has 0 amide bonds. The number of benzene rings is 2. The number of aromatic nitrogens is 1. The van der Waals surface area contributed by atoms with Crippen LogP contribution in [-0.2, 0) is 6.54 Å². The van der Waals surface area contributed by atoms with Crippen molar-refractivity contribution in [3.8, 4) is 34.8 Å². The third-order valence-electron chi connectivity index (χ3n) is 4.74. The number of pyridine rings is 1. The second-order valence-electron chi connectivity index (χ2n) is 6.23. The number of methoxy groups -OCH3 is 5. The number of hydrogen-bond donors (Lipinski definition) is 1. The molecule has 8 nitrogen and oxygen atoms in total. The Morgan fingerprint density at radius 1 is 0.867 bits per heavy atom. The molecule has 30 heavy (non-hydrogen) atoms. The Kier molecular flexibility index (Phi) is 6.32. The number of hydrogen-bond acceptors (Lipinski definition) is 8. The number of nitrogens with zero attached hydrogens (tertiary/aromatic N) is 2. The molecular formula is C22H23N3O5. The van der Waals surface area contributed by atoms with Crippen LogP contribution in [0, 0.1) is 11.3 Å². The lowest BCUT2D eigenvalue weighted by Gasteiger charge is -2.18. The quantitative estimate of drug-likeness (QED) is 0.601. The lowest BCUT2D eigenvalue weighted by Crippen LogP contribution is -2.06. The van der Waals surface area contributed by atoms with Gasteiger partial charge in [0.15, 0.2) is 23.0 Å². The van der Waals surface area contributed by atoms with Gasteiger partial charge in [-0.25, -0.2) is 0 Å². The Morgan fingerprint density at radius 3 is 2.13 bits per heavy atom. The van der Waals surface area contributed by atoms with Gasteiger partial charge in [-0.3, -0.25) is 4.98 Å². The van der Waals surface area contributed by atoms with Crippen molar-refractivity contribution in [2.24, 2.45) is 0 Å². The van der Waals surface area contributed by atoms with Gasteiger partial charge < -0.3 is 29.0 Å². The maximum Gasteiger partial charge on any atom is 0.203 e. The SMILES string of the molecule is COc1cc2ncc(C#N)c(NCc3ccc(OC)c(OC)c3OC)c2cc1OC. The minimum Gasteiger partial charge on any atom is -0.493 e. The molecule has 0 radical (unpaired) electrons. The van der Waals surface area contributed by atoms with E-state index in [1.165, 1.54) is 6.20 Å². The van der Waals surface area contributed by atoms with Gasteiger partial charge in [0.25, 0.3) is 0 Å². The van der Waals surface area contributed by atoms with Crippen molar-refractivity contribution in [3.05, 3.63) is 41.6 Å². The van der Waals surface area contributed by atoms with Gasteiger partial charge in [0.2, 0.25) is 5.75 Å². The van der Waals surface area contributed by atoms with Crippen LogP contribution in [0.2, 0.25) is 0 Å². The average molecular weight is 409 g/mol. The molecule has 0 unspecified atom stereocenters. The van der Waals surface area contributed by atoms with E-state index in [9.17, 15) is 5.26 Å². The second kappa shape index (κ2) is 9.09. The van der Waals surface area contributed by atoms with Crippen molar-refractivity contribution >= 4 is 16.6 Å². The molecule has 8 heteroatoms. The molecule has 3 aromatic rings. The zero-order valence-corrected chi connectivity index (χ0v) is 17.5. The lowest BCUT2D eigenvalue weighted by molar-refractivity contribution is 0.322. The van der Waals surface area contributed by atoms with E-state index in [4.69, 9.17) is 23.7 Å². The monoisotopic (exact) mass is 409 g/mol. The summed E-state index contributed by atoms with van der Waals surface area (Å²) in [7, 11) is 7.82. The van der Waals surface area contributed by atoms with Crippen molar-refractivity contribution in [1.82, 2.24) is 4.98 Å². The van der Waals surface area contributed by atoms with Gasteiger partial charge in [-0.05, 0) is 18.2 Å². The summed E-state index contributed by atoms with van der Waals surface area (Å²) in [5.41, 5.74) is 2.56. The Bertz CT molecular complexity index is 1110. The minimum absolute atomic E-state index is 0.381. The van der Waals surface area contributed by atoms with Gasteiger partial charge in [-0.15, -0.1) is 0 Å². The predicted octanol–water partition coefficient (Wildman–Crippen LogP) is 3.76. The van der Waals surface area contributed by atoms with Crippen LogP contribution in [0.4, 0.5) is 5.69 Å². The molecule has 0 spiro atoms. The molecule has 1 N–H and O–H groups in total. The smallest absolute Gasteiger partial charge is 0.203 e. The molecule has 0 aliphatic rings. The van der Waals surface area contributed by atoms with Crippen LogP contribution < -0.4 is 29.0 Å². The first-order valence-corrected chi connectivity index (χ1v) is 9.08. The first-order valence-electron chi connectivity index (χ1n) is 9.08. The maximum absolute atomic E-state index is 9.61. The van der Waals surface area contributed by atoms with Crippen LogP contribution in [-0.4, -0.2) is 40.5 Å². The highest BCUT2D eigenvalue weighted by Crippen LogP contribution is 2.41. The molecule has 0 aliphatic carbocycles. The fourth-order valence-electron chi connectivity index (χ4n) is 3.28. The van der Waals surface area contributed by atoms with Crippen molar-refractivity contribution < 1.29 is 23.7 Å². The number of rotatable bonds is 8. The van der Waals surface area contributed by atoms with Gasteiger partial charge in [0, 0.05) is 29.8 Å². The number of anilines is 1. The van der Waals surface area contributed by atoms with Crippen LogP contribution in [0.5, 0.6) is 28.7 Å². The molecule has 1 heterocycles. The van der Waals surface area contributed by atoms with E-state index in [1.54, 1.807) is 47.7 Å². The Hall–Kier alpha value is -3.86. The summed E-state index contributed by atoms with van der Waals surface area (Å²) in [6, 6.07) is 9.45. The molecule has 1 aromatic heterocycles. The minimum atomic E-state index is 0.381. The standard InChI is InChI=1S/C22H23N3O5/c1-26-17-7-6-13(21(29-4)22(17)30-5)11-25-20-14(10-23)12-24-16-9-19(28-3)18(27-2)8-15(16)20/h6-9,12H,11H2,1-5H3,(H,24,25). The van der Waals surface area contributed by atoms with E-state index in [2.05, 4.69) is 16.4 Å². The van der Waals surface area contributed by atoms with Crippen molar-refractivity contribution in [1.29, 1.82) is 5.26 Å². The van der Waals surface area contributed by atoms with E-state index in [-0.39, 0.29) is 0 Å². The van der Waals surface area contributed by atoms with Gasteiger partial charge in [-0.2, -0.15) is 5.26 Å². The Balaban J connectivity index is 2.07. The average Bonchev–Trinajstić information content (AvgIpc) is 2.80. The molecule has 2 aromatic carbocycles. The molecule has 0 atom stereocenters. The Labute approximate surface area is 174 Å². The molecule has 0 saturated carbocycles. The summed E-state index contributed by atoms with van der Waals surface area (Å²) < 4.78 is 27.1. The molecule has 0 saturated heterocycles. The third kappa shape index (κ3) is 3.70. The van der Waals surface area contributed by atoms with E-state index in [0.29, 0.717) is 52.1 Å². The zero-order valence-electron chi connectivity index (χ0n) is 17.5. The molecular weight excluding hydrogens is 386 g/mol. The normalized spacial score (nSPS) is 10.3. The first-order chi connectivity index (χ1) is 14.6. The zero-order chi connectivity index (χ0) is 21.7. The highest BCUT2D eigenvalue weighted by Gasteiger charge is 2.18. The number of nitrogens with one attached hydrogen (secondary N) is 1. The summed E-state index contributed by atoms with van der Waals surface area (Å²) in [4.78, 5) is 4.38. The summed E-state index contributed by atoms with van der Waals surface area (Å²) in [5.74, 6) is 2.75. The summed E-state index contributed by atoms with van der Waals surface area (Å²) in [5, 5.41) is 13.7. The van der Waals surface area contributed by atoms with Gasteiger partial charge in [-0.1, -0.05) is 0 Å². The van der Waals surface area contributed by atoms with Crippen molar-refractivity contribution in [3.63, 3.8) is 0 Å². The highest BCUT2D eigenvalue weighted by atomic mass is 16.5. The van der Waals surface area contributed by atoms with Crippen LogP contribution in [0.1, 0.15) is 11.1 Å². The molecule has 3 rings (SSSR count). The number of nitriles is 1. The van der Waals surface area contributed by atoms with E-state index in [1.807, 2.05) is 12.1 Å². The van der Waals surface area contributed by atoms with E-state index < -0.39 is 0 Å². The number of fused-ring (bicyclic) bond motifs is 1. The summed E-state index contributed by atoms with van der Waals surface area (Å²) >= 11 is 0. The van der Waals surface area contributed by atoms with Crippen LogP contribution in [0.3, 0.4) is 0 Å². The Morgan fingerprint density at radius 2 is 1.53 bits per heavy atom. The number of ether oxygens (including phenoxy) is 5. The molecule has 0 aliphatic heterocycles. The van der Waals surface area contributed by atoms with Crippen molar-refractivity contribution in [2.75, 3.05) is 40.9 Å². The molecule has 156 valence electrons. The van der Waals surface area contributed by atoms with Gasteiger partial charge >= 0.3 is 0 Å². The fourth-order valence-corrected chi connectivity index (χ4v) is 3.28. The highest BCUT2D eigenvalue weighted by molar-refractivity contribution is 5.96. The molecule has 0 fully saturated rings. The predicted molar refractivity (Wildman–Crippen MR) is 113 cm³/mol. The molecule has 0 bridgehead atoms. The first kappa shape index (κ1) is 20.9. The lowest BCUT2D eigenvalue weighted by atomic mass is 10.1. The van der Waals surface area contributed by atoms with Crippen LogP contribution in [0.25, 0.3) is 10.9 Å². The second-order valence-corrected chi connectivity index (χ2v) is 6.23. The van der Waals surface area contributed by atoms with Gasteiger partial charge in [0.1, 0.15) is 6.07 Å². The van der Waals surface area contributed by atoms with Gasteiger partial charge in [0.05, 0.1) is 52.3 Å². The fraction of sp³-hybridized carbons (Fsp3) is 0.273. The van der Waals surface area contributed by atoms with Crippen LogP contribution in [0.15, 0.2) is 30.5 Å². The van der Waals surface area contributed by atoms with Crippen LogP contribution >= 0.6 is 0 Å². The largest absolute Gasteiger partial charge is 0.493 e. The summed E-state index contributed by atoms with van der Waals surface area (Å²) in [6.45, 7) is 0.381. The van der Waals surface area contributed by atoms with Crippen molar-refractivity contribution in [2.45, 2.75) is 6.54 Å². The summed E-state index contributed by atoms with van der Waals surface area (Å²) in [6.07, 6.45) is 1.53. The maximum atomic E-state index is 9.61. The third-order valence-corrected chi connectivity index (χ3v) is 4.74. The van der Waals surface area contributed by atoms with E-state index >= 15 is 0 Å². The van der Waals surface area contributed by atoms with E-state index in [0.717, 1.165) is 10.9 Å².